The molecule has 0 unspecified atom stereocenters. The molecular formula is C34H34FN3O2. The molecule has 5 nitrogen and oxygen atoms in total. The second-order valence-corrected chi connectivity index (χ2v) is 10.2. The van der Waals surface area contributed by atoms with Crippen LogP contribution in [-0.2, 0) is 5.54 Å². The highest BCUT2D eigenvalue weighted by Crippen LogP contribution is 2.59. The number of amides is 1. The minimum absolute atomic E-state index is 0.123. The Hall–Kier alpha value is -4.32. The summed E-state index contributed by atoms with van der Waals surface area (Å²) in [6, 6.07) is 26.6. The van der Waals surface area contributed by atoms with Crippen LogP contribution in [0.1, 0.15) is 54.7 Å². The van der Waals surface area contributed by atoms with Crippen LogP contribution in [0.5, 0.6) is 11.5 Å². The van der Waals surface area contributed by atoms with Crippen molar-refractivity contribution in [1.29, 1.82) is 0 Å². The molecule has 2 heterocycles. The van der Waals surface area contributed by atoms with Gasteiger partial charge in [-0.1, -0.05) is 30.3 Å². The van der Waals surface area contributed by atoms with Crippen molar-refractivity contribution in [2.75, 3.05) is 40.9 Å². The molecule has 2 aliphatic rings. The molecule has 4 aromatic carbocycles. The summed E-state index contributed by atoms with van der Waals surface area (Å²) >= 11 is 0. The van der Waals surface area contributed by atoms with Crippen LogP contribution in [0.25, 0.3) is 0 Å². The average molecular weight is 536 g/mol. The van der Waals surface area contributed by atoms with E-state index in [2.05, 4.69) is 73.9 Å². The Labute approximate surface area is 235 Å². The Morgan fingerprint density at radius 3 is 1.75 bits per heavy atom. The van der Waals surface area contributed by atoms with E-state index in [9.17, 15) is 9.18 Å². The molecule has 6 heteroatoms. The second-order valence-electron chi connectivity index (χ2n) is 10.2. The molecule has 0 atom stereocenters. The molecule has 0 aromatic heterocycles. The number of anilines is 3. The molecule has 0 saturated carbocycles. The zero-order valence-corrected chi connectivity index (χ0v) is 23.4. The number of fused-ring (bicyclic) bond motifs is 6. The Balaban J connectivity index is 1.70. The number of hydrogen-bond acceptors (Lipinski definition) is 4. The lowest BCUT2D eigenvalue weighted by molar-refractivity contribution is 0.0985. The number of carbonyl (C=O) groups is 1. The molecule has 204 valence electrons. The number of ether oxygens (including phenoxy) is 1. The van der Waals surface area contributed by atoms with Gasteiger partial charge in [-0.05, 0) is 70.2 Å². The number of rotatable bonds is 7. The molecule has 0 bridgehead atoms. The number of carbonyl (C=O) groups excluding carboxylic acids is 1. The first-order chi connectivity index (χ1) is 19.5. The maximum absolute atomic E-state index is 14.3. The number of nitrogens with zero attached hydrogens (tertiary/aromatic N) is 3. The van der Waals surface area contributed by atoms with E-state index in [1.165, 1.54) is 12.1 Å². The predicted molar refractivity (Wildman–Crippen MR) is 160 cm³/mol. The molecule has 0 saturated heterocycles. The lowest BCUT2D eigenvalue weighted by Crippen LogP contribution is -2.47. The molecule has 2 aliphatic heterocycles. The van der Waals surface area contributed by atoms with Gasteiger partial charge in [0.25, 0.3) is 5.91 Å². The summed E-state index contributed by atoms with van der Waals surface area (Å²) in [5.41, 5.74) is 5.05. The Morgan fingerprint density at radius 1 is 0.700 bits per heavy atom. The van der Waals surface area contributed by atoms with Gasteiger partial charge in [0.05, 0.1) is 0 Å². The third-order valence-corrected chi connectivity index (χ3v) is 8.36. The lowest BCUT2D eigenvalue weighted by Gasteiger charge is -2.44. The zero-order chi connectivity index (χ0) is 28.0. The van der Waals surface area contributed by atoms with E-state index in [-0.39, 0.29) is 11.7 Å². The van der Waals surface area contributed by atoms with Crippen LogP contribution in [0.3, 0.4) is 0 Å². The average Bonchev–Trinajstić information content (AvgIpc) is 3.23. The van der Waals surface area contributed by atoms with Gasteiger partial charge in [0, 0.05) is 77.6 Å². The lowest BCUT2D eigenvalue weighted by atomic mass is 9.74. The predicted octanol–water partition coefficient (Wildman–Crippen LogP) is 7.58. The normalized spacial score (nSPS) is 14.4. The second kappa shape index (κ2) is 10.0. The van der Waals surface area contributed by atoms with Crippen LogP contribution < -0.4 is 19.4 Å². The first kappa shape index (κ1) is 25.9. The summed E-state index contributed by atoms with van der Waals surface area (Å²) in [7, 11) is 0. The molecule has 1 spiro atoms. The van der Waals surface area contributed by atoms with Gasteiger partial charge < -0.3 is 14.5 Å². The molecule has 4 aromatic rings. The van der Waals surface area contributed by atoms with Crippen molar-refractivity contribution in [1.82, 2.24) is 0 Å². The fraction of sp³-hybridized carbons (Fsp3) is 0.265. The highest BCUT2D eigenvalue weighted by Gasteiger charge is 2.57. The molecule has 1 amide bonds. The monoisotopic (exact) mass is 535 g/mol. The molecule has 0 radical (unpaired) electrons. The van der Waals surface area contributed by atoms with Crippen LogP contribution in [-0.4, -0.2) is 32.1 Å². The van der Waals surface area contributed by atoms with E-state index in [0.29, 0.717) is 22.7 Å². The van der Waals surface area contributed by atoms with Crippen molar-refractivity contribution in [3.63, 3.8) is 0 Å². The summed E-state index contributed by atoms with van der Waals surface area (Å²) in [6.45, 7) is 12.0. The highest BCUT2D eigenvalue weighted by atomic mass is 19.1. The van der Waals surface area contributed by atoms with Crippen LogP contribution in [0.4, 0.5) is 21.5 Å². The standard InChI is InChI=1S/C34H34FN3O2/c1-5-36(6-2)25-17-19-29-31(21-25)40-32-22-26(37(7-3)8-4)18-20-30(32)34(29)28-12-10-9-11-27(28)33(39)38(34)24-15-13-23(35)14-16-24/h9-22H,5-8H2,1-4H3. The number of halogens is 1. The number of benzene rings is 4. The van der Waals surface area contributed by atoms with E-state index in [0.717, 1.165) is 54.2 Å². The summed E-state index contributed by atoms with van der Waals surface area (Å²) in [5.74, 6) is 0.958. The van der Waals surface area contributed by atoms with Gasteiger partial charge in [0.15, 0.2) is 0 Å². The molecular weight excluding hydrogens is 501 g/mol. The fourth-order valence-corrected chi connectivity index (χ4v) is 6.43. The van der Waals surface area contributed by atoms with Crippen LogP contribution in [0, 0.1) is 5.82 Å². The molecule has 0 fully saturated rings. The summed E-state index contributed by atoms with van der Waals surface area (Å²) in [6.07, 6.45) is 0. The Bertz CT molecular complexity index is 1510. The van der Waals surface area contributed by atoms with Gasteiger partial charge in [-0.25, -0.2) is 4.39 Å². The van der Waals surface area contributed by atoms with Crippen molar-refractivity contribution >= 4 is 23.0 Å². The SMILES string of the molecule is CCN(CC)c1ccc2c(c1)Oc1cc(N(CC)CC)ccc1C21c2ccccc2C(=O)N1c1ccc(F)cc1. The Kier molecular flexibility index (Phi) is 6.49. The third-order valence-electron chi connectivity index (χ3n) is 8.36. The van der Waals surface area contributed by atoms with Gasteiger partial charge in [0.2, 0.25) is 0 Å². The zero-order valence-electron chi connectivity index (χ0n) is 23.4. The summed E-state index contributed by atoms with van der Waals surface area (Å²) in [5, 5.41) is 0. The minimum Gasteiger partial charge on any atom is -0.456 e. The van der Waals surface area contributed by atoms with Gasteiger partial charge in [-0.3, -0.25) is 9.69 Å². The quantitative estimate of drug-likeness (QED) is 0.244. The van der Waals surface area contributed by atoms with Crippen LogP contribution in [0.2, 0.25) is 0 Å². The molecule has 40 heavy (non-hydrogen) atoms. The largest absolute Gasteiger partial charge is 0.456 e. The topological polar surface area (TPSA) is 36.0 Å². The van der Waals surface area contributed by atoms with Gasteiger partial charge in [-0.15, -0.1) is 0 Å². The molecule has 6 rings (SSSR count). The van der Waals surface area contributed by atoms with Crippen molar-refractivity contribution in [3.05, 3.63) is 113 Å². The number of hydrogen-bond donors (Lipinski definition) is 0. The van der Waals surface area contributed by atoms with E-state index >= 15 is 0 Å². The van der Waals surface area contributed by atoms with Gasteiger partial charge in [-0.2, -0.15) is 0 Å². The summed E-state index contributed by atoms with van der Waals surface area (Å²) < 4.78 is 20.8. The van der Waals surface area contributed by atoms with E-state index in [1.807, 2.05) is 29.2 Å². The minimum atomic E-state index is -0.988. The maximum Gasteiger partial charge on any atom is 0.260 e. The third kappa shape index (κ3) is 3.69. The maximum atomic E-state index is 14.3. The van der Waals surface area contributed by atoms with Crippen molar-refractivity contribution < 1.29 is 13.9 Å². The first-order valence-corrected chi connectivity index (χ1v) is 14.1. The summed E-state index contributed by atoms with van der Waals surface area (Å²) in [4.78, 5) is 20.7. The van der Waals surface area contributed by atoms with Crippen LogP contribution >= 0.6 is 0 Å². The van der Waals surface area contributed by atoms with E-state index in [1.54, 1.807) is 12.1 Å². The van der Waals surface area contributed by atoms with Crippen LogP contribution in [0.15, 0.2) is 84.9 Å². The van der Waals surface area contributed by atoms with Crippen molar-refractivity contribution in [3.8, 4) is 11.5 Å². The first-order valence-electron chi connectivity index (χ1n) is 14.1. The smallest absolute Gasteiger partial charge is 0.260 e. The van der Waals surface area contributed by atoms with Gasteiger partial charge >= 0.3 is 0 Å². The van der Waals surface area contributed by atoms with Crippen molar-refractivity contribution in [2.24, 2.45) is 0 Å². The highest BCUT2D eigenvalue weighted by molar-refractivity contribution is 6.14. The molecule has 0 aliphatic carbocycles. The van der Waals surface area contributed by atoms with Gasteiger partial charge in [0.1, 0.15) is 22.9 Å². The van der Waals surface area contributed by atoms with E-state index < -0.39 is 5.54 Å². The Morgan fingerprint density at radius 2 is 1.23 bits per heavy atom. The fourth-order valence-electron chi connectivity index (χ4n) is 6.43. The molecule has 0 N–H and O–H groups in total. The van der Waals surface area contributed by atoms with E-state index in [4.69, 9.17) is 4.74 Å². The van der Waals surface area contributed by atoms with Crippen molar-refractivity contribution in [2.45, 2.75) is 33.2 Å².